The molecule has 0 bridgehead atoms. The van der Waals surface area contributed by atoms with Crippen LogP contribution in [0.5, 0.6) is 0 Å². The molecule has 0 radical (unpaired) electrons. The van der Waals surface area contributed by atoms with Gasteiger partial charge in [-0.05, 0) is 43.0 Å². The molecule has 1 aromatic carbocycles. The molecule has 1 unspecified atom stereocenters. The van der Waals surface area contributed by atoms with Crippen LogP contribution in [-0.2, 0) is 13.1 Å². The Balaban J connectivity index is 2.00. The average molecular weight is 193 g/mol. The molecule has 1 fully saturated rings. The van der Waals surface area contributed by atoms with E-state index in [-0.39, 0.29) is 6.67 Å². The highest BCUT2D eigenvalue weighted by molar-refractivity contribution is 5.23. The summed E-state index contributed by atoms with van der Waals surface area (Å²) in [7, 11) is 0. The van der Waals surface area contributed by atoms with Crippen molar-refractivity contribution in [2.45, 2.75) is 19.5 Å². The molecule has 14 heavy (non-hydrogen) atoms. The maximum atomic E-state index is 12.4. The van der Waals surface area contributed by atoms with Crippen LogP contribution in [0.15, 0.2) is 24.3 Å². The molecule has 0 aliphatic carbocycles. The van der Waals surface area contributed by atoms with Crippen LogP contribution in [0.3, 0.4) is 0 Å². The van der Waals surface area contributed by atoms with Crippen molar-refractivity contribution < 1.29 is 4.39 Å². The second-order valence-corrected chi connectivity index (χ2v) is 4.02. The van der Waals surface area contributed by atoms with Crippen molar-refractivity contribution in [2.24, 2.45) is 5.92 Å². The van der Waals surface area contributed by atoms with Gasteiger partial charge in [-0.3, -0.25) is 0 Å². The Kier molecular flexibility index (Phi) is 3.14. The molecular weight excluding hydrogens is 177 g/mol. The lowest BCUT2D eigenvalue weighted by Gasteiger charge is -2.08. The summed E-state index contributed by atoms with van der Waals surface area (Å²) in [4.78, 5) is 0. The van der Waals surface area contributed by atoms with E-state index in [0.717, 1.165) is 31.0 Å². The summed E-state index contributed by atoms with van der Waals surface area (Å²) >= 11 is 0. The largest absolute Gasteiger partial charge is 0.316 e. The first-order chi connectivity index (χ1) is 6.88. The summed E-state index contributed by atoms with van der Waals surface area (Å²) in [5.74, 6) is 0.741. The van der Waals surface area contributed by atoms with E-state index in [1.807, 2.05) is 18.2 Å². The Morgan fingerprint density at radius 2 is 2.21 bits per heavy atom. The van der Waals surface area contributed by atoms with Gasteiger partial charge in [0.25, 0.3) is 0 Å². The molecule has 1 saturated heterocycles. The summed E-state index contributed by atoms with van der Waals surface area (Å²) in [6.07, 6.45) is 2.33. The lowest BCUT2D eigenvalue weighted by Crippen LogP contribution is -2.10. The third kappa shape index (κ3) is 2.32. The van der Waals surface area contributed by atoms with E-state index in [2.05, 4.69) is 11.4 Å². The lowest BCUT2D eigenvalue weighted by atomic mass is 9.98. The highest BCUT2D eigenvalue weighted by atomic mass is 19.1. The zero-order valence-electron chi connectivity index (χ0n) is 8.30. The Hall–Kier alpha value is -0.890. The predicted molar refractivity (Wildman–Crippen MR) is 55.9 cm³/mol. The van der Waals surface area contributed by atoms with Crippen LogP contribution in [-0.4, -0.2) is 13.1 Å². The fraction of sp³-hybridized carbons (Fsp3) is 0.500. The third-order valence-electron chi connectivity index (χ3n) is 2.83. The molecule has 1 aromatic rings. The smallest absolute Gasteiger partial charge is 0.115 e. The van der Waals surface area contributed by atoms with E-state index in [4.69, 9.17) is 0 Å². The molecule has 1 aliphatic heterocycles. The molecule has 1 atom stereocenters. The van der Waals surface area contributed by atoms with Crippen molar-refractivity contribution in [1.82, 2.24) is 5.32 Å². The van der Waals surface area contributed by atoms with Gasteiger partial charge in [-0.15, -0.1) is 0 Å². The van der Waals surface area contributed by atoms with E-state index in [0.29, 0.717) is 0 Å². The number of hydrogen-bond acceptors (Lipinski definition) is 1. The van der Waals surface area contributed by atoms with Crippen LogP contribution in [0.2, 0.25) is 0 Å². The van der Waals surface area contributed by atoms with Crippen LogP contribution < -0.4 is 5.32 Å². The monoisotopic (exact) mass is 193 g/mol. The molecule has 76 valence electrons. The van der Waals surface area contributed by atoms with Gasteiger partial charge in [-0.2, -0.15) is 0 Å². The fourth-order valence-electron chi connectivity index (χ4n) is 2.06. The molecule has 1 heterocycles. The average Bonchev–Trinajstić information content (AvgIpc) is 2.71. The molecule has 2 heteroatoms. The Bertz CT molecular complexity index is 292. The molecule has 1 nitrogen and oxygen atoms in total. The number of rotatable bonds is 3. The van der Waals surface area contributed by atoms with Gasteiger partial charge in [-0.25, -0.2) is 4.39 Å². The number of benzene rings is 1. The number of hydrogen-bond donors (Lipinski definition) is 1. The quantitative estimate of drug-likeness (QED) is 0.776. The first-order valence-electron chi connectivity index (χ1n) is 5.23. The van der Waals surface area contributed by atoms with Gasteiger partial charge in [0, 0.05) is 0 Å². The summed E-state index contributed by atoms with van der Waals surface area (Å²) in [5, 5.41) is 3.35. The SMILES string of the molecule is FCc1cccc(CC2CCNC2)c1. The summed E-state index contributed by atoms with van der Waals surface area (Å²) in [6.45, 7) is 1.89. The maximum absolute atomic E-state index is 12.4. The molecule has 0 aromatic heterocycles. The molecular formula is C12H16FN. The maximum Gasteiger partial charge on any atom is 0.115 e. The number of nitrogens with one attached hydrogen (secondary N) is 1. The van der Waals surface area contributed by atoms with Gasteiger partial charge in [0.15, 0.2) is 0 Å². The summed E-state index contributed by atoms with van der Waals surface area (Å²) < 4.78 is 12.4. The molecule has 0 amide bonds. The zero-order valence-corrected chi connectivity index (χ0v) is 8.30. The minimum atomic E-state index is -0.350. The van der Waals surface area contributed by atoms with E-state index < -0.39 is 0 Å². The fourth-order valence-corrected chi connectivity index (χ4v) is 2.06. The van der Waals surface area contributed by atoms with E-state index in [1.54, 1.807) is 0 Å². The first-order valence-corrected chi connectivity index (χ1v) is 5.23. The van der Waals surface area contributed by atoms with Crippen molar-refractivity contribution in [3.63, 3.8) is 0 Å². The topological polar surface area (TPSA) is 12.0 Å². The highest BCUT2D eigenvalue weighted by Crippen LogP contribution is 2.16. The Morgan fingerprint density at radius 1 is 1.36 bits per heavy atom. The van der Waals surface area contributed by atoms with Crippen LogP contribution >= 0.6 is 0 Å². The summed E-state index contributed by atoms with van der Waals surface area (Å²) in [6, 6.07) is 7.87. The second-order valence-electron chi connectivity index (χ2n) is 4.02. The van der Waals surface area contributed by atoms with Crippen LogP contribution in [0.25, 0.3) is 0 Å². The Labute approximate surface area is 84.3 Å². The first kappa shape index (κ1) is 9.66. The molecule has 0 saturated carbocycles. The van der Waals surface area contributed by atoms with Gasteiger partial charge in [0.2, 0.25) is 0 Å². The minimum Gasteiger partial charge on any atom is -0.316 e. The van der Waals surface area contributed by atoms with E-state index >= 15 is 0 Å². The normalized spacial score (nSPS) is 21.4. The minimum absolute atomic E-state index is 0.350. The van der Waals surface area contributed by atoms with Gasteiger partial charge in [0.1, 0.15) is 6.67 Å². The third-order valence-corrected chi connectivity index (χ3v) is 2.83. The highest BCUT2D eigenvalue weighted by Gasteiger charge is 2.14. The number of halogens is 1. The van der Waals surface area contributed by atoms with Gasteiger partial charge < -0.3 is 5.32 Å². The predicted octanol–water partition coefficient (Wildman–Crippen LogP) is 2.31. The van der Waals surface area contributed by atoms with Crippen molar-refractivity contribution >= 4 is 0 Å². The molecule has 0 spiro atoms. The van der Waals surface area contributed by atoms with Crippen molar-refractivity contribution in [1.29, 1.82) is 0 Å². The molecule has 2 rings (SSSR count). The standard InChI is InChI=1S/C12H16FN/c13-8-11-3-1-2-10(6-11)7-12-4-5-14-9-12/h1-3,6,12,14H,4-5,7-9H2. The summed E-state index contributed by atoms with van der Waals surface area (Å²) in [5.41, 5.74) is 2.07. The van der Waals surface area contributed by atoms with Crippen LogP contribution in [0, 0.1) is 5.92 Å². The number of alkyl halides is 1. The molecule has 1 aliphatic rings. The second kappa shape index (κ2) is 4.56. The lowest BCUT2D eigenvalue weighted by molar-refractivity contribution is 0.484. The van der Waals surface area contributed by atoms with Gasteiger partial charge in [-0.1, -0.05) is 24.3 Å². The van der Waals surface area contributed by atoms with Gasteiger partial charge >= 0.3 is 0 Å². The van der Waals surface area contributed by atoms with Gasteiger partial charge in [0.05, 0.1) is 0 Å². The van der Waals surface area contributed by atoms with Crippen LogP contribution in [0.1, 0.15) is 17.5 Å². The van der Waals surface area contributed by atoms with Crippen LogP contribution in [0.4, 0.5) is 4.39 Å². The van der Waals surface area contributed by atoms with Crippen molar-refractivity contribution in [3.05, 3.63) is 35.4 Å². The zero-order chi connectivity index (χ0) is 9.80. The van der Waals surface area contributed by atoms with Crippen molar-refractivity contribution in [3.8, 4) is 0 Å². The Morgan fingerprint density at radius 3 is 2.93 bits per heavy atom. The molecule has 1 N–H and O–H groups in total. The van der Waals surface area contributed by atoms with E-state index in [1.165, 1.54) is 12.0 Å². The van der Waals surface area contributed by atoms with Crippen molar-refractivity contribution in [2.75, 3.05) is 13.1 Å². The van der Waals surface area contributed by atoms with E-state index in [9.17, 15) is 4.39 Å².